The number of anilines is 1. The maximum atomic E-state index is 13.2. The van der Waals surface area contributed by atoms with Crippen molar-refractivity contribution >= 4 is 29.4 Å². The van der Waals surface area contributed by atoms with E-state index < -0.39 is 0 Å². The zero-order valence-corrected chi connectivity index (χ0v) is 21.8. The number of hydrogen-bond donors (Lipinski definition) is 1. The summed E-state index contributed by atoms with van der Waals surface area (Å²) in [5.41, 5.74) is 5.15. The summed E-state index contributed by atoms with van der Waals surface area (Å²) in [6.45, 7) is 4.41. The average molecular weight is 517 g/mol. The van der Waals surface area contributed by atoms with Gasteiger partial charge in [-0.1, -0.05) is 60.1 Å². The number of hydrogen-bond acceptors (Lipinski definition) is 4. The van der Waals surface area contributed by atoms with Crippen LogP contribution < -0.4 is 5.32 Å². The Morgan fingerprint density at radius 3 is 2.43 bits per heavy atom. The summed E-state index contributed by atoms with van der Waals surface area (Å²) in [5, 5.41) is 3.23. The number of ether oxygens (including phenoxy) is 1. The molecule has 4 rings (SSSR count). The van der Waals surface area contributed by atoms with Crippen molar-refractivity contribution in [3.63, 3.8) is 0 Å². The number of imidazole rings is 1. The summed E-state index contributed by atoms with van der Waals surface area (Å²) in [6.07, 6.45) is 1.90. The Morgan fingerprint density at radius 1 is 1.00 bits per heavy atom. The molecule has 37 heavy (non-hydrogen) atoms. The normalized spacial score (nSPS) is 10.8. The zero-order chi connectivity index (χ0) is 26.4. The molecule has 2 amide bonds. The van der Waals surface area contributed by atoms with Gasteiger partial charge in [-0.25, -0.2) is 4.98 Å². The van der Waals surface area contributed by atoms with Gasteiger partial charge in [-0.2, -0.15) is 0 Å². The molecule has 0 fully saturated rings. The predicted octanol–water partition coefficient (Wildman–Crippen LogP) is 5.54. The van der Waals surface area contributed by atoms with Gasteiger partial charge in [-0.3, -0.25) is 19.5 Å². The first-order chi connectivity index (χ1) is 17.9. The van der Waals surface area contributed by atoms with Crippen LogP contribution in [-0.2, 0) is 9.53 Å². The fourth-order valence-corrected chi connectivity index (χ4v) is 4.10. The van der Waals surface area contributed by atoms with Crippen LogP contribution in [0.1, 0.15) is 21.5 Å². The van der Waals surface area contributed by atoms with Gasteiger partial charge in [0.15, 0.2) is 0 Å². The maximum Gasteiger partial charge on any atom is 0.255 e. The molecule has 4 aromatic rings. The predicted molar refractivity (Wildman–Crippen MR) is 146 cm³/mol. The number of benzene rings is 3. The van der Waals surface area contributed by atoms with Crippen LogP contribution in [0.25, 0.3) is 16.9 Å². The van der Waals surface area contributed by atoms with E-state index in [4.69, 9.17) is 21.3 Å². The Balaban J connectivity index is 1.63. The molecule has 1 heterocycles. The molecule has 0 saturated carbocycles. The number of halogens is 1. The molecule has 8 heteroatoms. The van der Waals surface area contributed by atoms with Gasteiger partial charge in [-0.15, -0.1) is 0 Å². The largest absolute Gasteiger partial charge is 0.383 e. The van der Waals surface area contributed by atoms with E-state index in [1.807, 2.05) is 66.2 Å². The molecule has 0 unspecified atom stereocenters. The van der Waals surface area contributed by atoms with Gasteiger partial charge in [0, 0.05) is 31.1 Å². The zero-order valence-electron chi connectivity index (χ0n) is 21.1. The van der Waals surface area contributed by atoms with Crippen LogP contribution in [0, 0.1) is 13.8 Å². The highest BCUT2D eigenvalue weighted by Gasteiger charge is 2.22. The average Bonchev–Trinajstić information content (AvgIpc) is 3.32. The highest BCUT2D eigenvalue weighted by molar-refractivity contribution is 6.33. The van der Waals surface area contributed by atoms with Crippen LogP contribution in [0.5, 0.6) is 0 Å². The van der Waals surface area contributed by atoms with Crippen molar-refractivity contribution < 1.29 is 14.3 Å². The second kappa shape index (κ2) is 11.9. The Labute approximate surface area is 221 Å². The van der Waals surface area contributed by atoms with E-state index in [2.05, 4.69) is 12.2 Å². The van der Waals surface area contributed by atoms with Crippen LogP contribution in [-0.4, -0.2) is 53.1 Å². The highest BCUT2D eigenvalue weighted by atomic mass is 35.5. The third-order valence-corrected chi connectivity index (χ3v) is 6.42. The minimum absolute atomic E-state index is 0.187. The Hall–Kier alpha value is -3.94. The van der Waals surface area contributed by atoms with E-state index in [0.717, 1.165) is 22.5 Å². The monoisotopic (exact) mass is 516 g/mol. The van der Waals surface area contributed by atoms with Crippen molar-refractivity contribution in [1.82, 2.24) is 14.5 Å². The topological polar surface area (TPSA) is 76.5 Å². The van der Waals surface area contributed by atoms with Crippen LogP contribution >= 0.6 is 11.6 Å². The molecule has 1 N–H and O–H groups in total. The lowest BCUT2D eigenvalue weighted by atomic mass is 10.1. The van der Waals surface area contributed by atoms with Gasteiger partial charge in [-0.05, 0) is 49.2 Å². The minimum Gasteiger partial charge on any atom is -0.383 e. The first kappa shape index (κ1) is 26.1. The summed E-state index contributed by atoms with van der Waals surface area (Å²) in [5.74, 6) is -0.365. The molecule has 3 aromatic carbocycles. The van der Waals surface area contributed by atoms with E-state index >= 15 is 0 Å². The number of methoxy groups -OCH3 is 1. The summed E-state index contributed by atoms with van der Waals surface area (Å²) in [4.78, 5) is 32.6. The third-order valence-electron chi connectivity index (χ3n) is 6.09. The number of nitrogens with zero attached hydrogens (tertiary/aromatic N) is 3. The lowest BCUT2D eigenvalue weighted by molar-refractivity contribution is -0.117. The van der Waals surface area contributed by atoms with Crippen LogP contribution in [0.15, 0.2) is 79.0 Å². The molecule has 1 aromatic heterocycles. The first-order valence-corrected chi connectivity index (χ1v) is 12.3. The van der Waals surface area contributed by atoms with Crippen LogP contribution in [0.4, 0.5) is 5.95 Å². The van der Waals surface area contributed by atoms with Crippen molar-refractivity contribution in [2.45, 2.75) is 13.8 Å². The van der Waals surface area contributed by atoms with Crippen LogP contribution in [0.3, 0.4) is 0 Å². The minimum atomic E-state index is -0.383. The van der Waals surface area contributed by atoms with Crippen molar-refractivity contribution in [3.05, 3.63) is 101 Å². The summed E-state index contributed by atoms with van der Waals surface area (Å²) >= 11 is 6.24. The van der Waals surface area contributed by atoms with E-state index in [9.17, 15) is 9.59 Å². The number of nitrogens with one attached hydrogen (secondary N) is 1. The molecular formula is C29H29ClN4O3. The van der Waals surface area contributed by atoms with Crippen molar-refractivity contribution in [3.8, 4) is 16.9 Å². The Bertz CT molecular complexity index is 1400. The van der Waals surface area contributed by atoms with Gasteiger partial charge >= 0.3 is 0 Å². The number of amides is 2. The van der Waals surface area contributed by atoms with Crippen molar-refractivity contribution in [2.75, 3.05) is 32.1 Å². The van der Waals surface area contributed by atoms with E-state index in [1.165, 1.54) is 10.5 Å². The van der Waals surface area contributed by atoms with Crippen molar-refractivity contribution in [1.29, 1.82) is 0 Å². The fourth-order valence-electron chi connectivity index (χ4n) is 3.89. The number of aromatic nitrogens is 2. The van der Waals surface area contributed by atoms with Crippen molar-refractivity contribution in [2.24, 2.45) is 0 Å². The van der Waals surface area contributed by atoms with Crippen LogP contribution in [0.2, 0.25) is 5.02 Å². The highest BCUT2D eigenvalue weighted by Crippen LogP contribution is 2.25. The lowest BCUT2D eigenvalue weighted by Gasteiger charge is -2.22. The van der Waals surface area contributed by atoms with E-state index in [-0.39, 0.29) is 31.5 Å². The van der Waals surface area contributed by atoms with Gasteiger partial charge in [0.05, 0.1) is 22.9 Å². The molecule has 7 nitrogen and oxygen atoms in total. The maximum absolute atomic E-state index is 13.2. The molecule has 0 aliphatic carbocycles. The van der Waals surface area contributed by atoms with Gasteiger partial charge in [0.25, 0.3) is 5.91 Å². The molecule has 0 spiro atoms. The summed E-state index contributed by atoms with van der Waals surface area (Å²) < 4.78 is 7.01. The van der Waals surface area contributed by atoms with Gasteiger partial charge in [0.1, 0.15) is 6.54 Å². The Kier molecular flexibility index (Phi) is 8.38. The summed E-state index contributed by atoms with van der Waals surface area (Å²) in [7, 11) is 1.55. The molecule has 0 aliphatic heterocycles. The molecular weight excluding hydrogens is 488 g/mol. The SMILES string of the molecule is COCCN(CC(=O)Nc1nc(-c2ccccc2)cn1-c1ccc(C)c(C)c1)C(=O)c1ccccc1Cl. The second-order valence-corrected chi connectivity index (χ2v) is 9.11. The number of carbonyl (C=O) groups is 2. The fraction of sp³-hybridized carbons (Fsp3) is 0.207. The third kappa shape index (κ3) is 6.25. The molecule has 0 saturated heterocycles. The van der Waals surface area contributed by atoms with Gasteiger partial charge in [0.2, 0.25) is 11.9 Å². The molecule has 190 valence electrons. The number of carbonyl (C=O) groups excluding carboxylic acids is 2. The second-order valence-electron chi connectivity index (χ2n) is 8.70. The summed E-state index contributed by atoms with van der Waals surface area (Å²) in [6, 6.07) is 22.6. The smallest absolute Gasteiger partial charge is 0.255 e. The standard InChI is InChI=1S/C29H29ClN4O3/c1-20-13-14-23(17-21(20)2)34-18-26(22-9-5-4-6-10-22)31-29(34)32-27(35)19-33(15-16-37-3)28(36)24-11-7-8-12-25(24)30/h4-14,17-18H,15-16,19H2,1-3H3,(H,31,32,35). The lowest BCUT2D eigenvalue weighted by Crippen LogP contribution is -2.40. The molecule has 0 bridgehead atoms. The molecule has 0 radical (unpaired) electrons. The van der Waals surface area contributed by atoms with E-state index in [0.29, 0.717) is 16.5 Å². The van der Waals surface area contributed by atoms with E-state index in [1.54, 1.807) is 31.4 Å². The quantitative estimate of drug-likeness (QED) is 0.317. The van der Waals surface area contributed by atoms with Gasteiger partial charge < -0.3 is 9.64 Å². The Morgan fingerprint density at radius 2 is 1.73 bits per heavy atom. The molecule has 0 aliphatic rings. The first-order valence-electron chi connectivity index (χ1n) is 11.9. The number of aryl methyl sites for hydroxylation is 2. The number of rotatable bonds is 9. The molecule has 0 atom stereocenters.